The summed E-state index contributed by atoms with van der Waals surface area (Å²) in [6, 6.07) is 0. The van der Waals surface area contributed by atoms with Gasteiger partial charge in [0.05, 0.1) is 6.08 Å². The van der Waals surface area contributed by atoms with Gasteiger partial charge in [0.1, 0.15) is 0 Å². The molecule has 0 aromatic rings. The zero-order valence-corrected chi connectivity index (χ0v) is 11.9. The van der Waals surface area contributed by atoms with Gasteiger partial charge in [-0.05, 0) is 0 Å². The Morgan fingerprint density at radius 1 is 0.565 bits per heavy atom. The molecule has 23 heavy (non-hydrogen) atoms. The van der Waals surface area contributed by atoms with E-state index in [0.29, 0.717) is 0 Å². The highest BCUT2D eigenvalue weighted by Crippen LogP contribution is 2.61. The van der Waals surface area contributed by atoms with E-state index < -0.39 is 68.3 Å². The quantitative estimate of drug-likeness (QED) is 0.245. The van der Waals surface area contributed by atoms with Gasteiger partial charge >= 0.3 is 33.5 Å². The molecule has 0 unspecified atom stereocenters. The number of halogens is 15. The second-order valence-corrected chi connectivity index (χ2v) is 5.21. The van der Waals surface area contributed by atoms with E-state index in [1.807, 2.05) is 0 Å². The molecule has 0 aliphatic rings. The monoisotopic (exact) mass is 490 g/mol. The molecular formula is C8HF14I. The average Bonchev–Trinajstić information content (AvgIpc) is 2.24. The normalized spacial score (nSPS) is 15.6. The standard InChI is InChI=1S/C8HF14I/c9-2(10)1-3(11,12)4(13,14)5(15,16)6(17,18)7(19,20)8(21,22)23/h1H. The molecule has 15 heteroatoms. The molecule has 0 N–H and O–H groups in total. The van der Waals surface area contributed by atoms with Crippen LogP contribution in [-0.4, -0.2) is 33.5 Å². The molecule has 0 aromatic heterocycles. The summed E-state index contributed by atoms with van der Waals surface area (Å²) < 4.78 is 169. The first-order chi connectivity index (χ1) is 9.67. The highest BCUT2D eigenvalue weighted by molar-refractivity contribution is 14.1. The Morgan fingerprint density at radius 3 is 1.13 bits per heavy atom. The predicted octanol–water partition coefficient (Wildman–Crippen LogP) is 5.97. The van der Waals surface area contributed by atoms with E-state index >= 15 is 0 Å². The first-order valence-electron chi connectivity index (χ1n) is 4.66. The Hall–Kier alpha value is -0.510. The Morgan fingerprint density at radius 2 is 0.870 bits per heavy atom. The van der Waals surface area contributed by atoms with Crippen LogP contribution in [0.15, 0.2) is 12.2 Å². The van der Waals surface area contributed by atoms with Crippen molar-refractivity contribution in [2.75, 3.05) is 0 Å². The lowest BCUT2D eigenvalue weighted by Crippen LogP contribution is -2.69. The maximum absolute atomic E-state index is 12.9. The van der Waals surface area contributed by atoms with Crippen molar-refractivity contribution in [3.05, 3.63) is 12.2 Å². The number of allylic oxidation sites excluding steroid dienone is 1. The van der Waals surface area contributed by atoms with Crippen molar-refractivity contribution in [3.8, 4) is 0 Å². The topological polar surface area (TPSA) is 0 Å². The van der Waals surface area contributed by atoms with Crippen LogP contribution in [0.4, 0.5) is 61.5 Å². The van der Waals surface area contributed by atoms with Gasteiger partial charge in [-0.3, -0.25) is 0 Å². The molecule has 0 saturated heterocycles. The summed E-state index contributed by atoms with van der Waals surface area (Å²) in [7, 11) is 0. The molecule has 0 aliphatic heterocycles. The molecule has 0 heterocycles. The fourth-order valence-electron chi connectivity index (χ4n) is 1.01. The number of hydrogen-bond donors (Lipinski definition) is 0. The van der Waals surface area contributed by atoms with E-state index in [1.165, 1.54) is 0 Å². The van der Waals surface area contributed by atoms with Gasteiger partial charge in [-0.2, -0.15) is 61.5 Å². The van der Waals surface area contributed by atoms with Crippen LogP contribution < -0.4 is 0 Å². The molecule has 0 radical (unpaired) electrons. The second-order valence-electron chi connectivity index (χ2n) is 3.85. The first kappa shape index (κ1) is 22.5. The lowest BCUT2D eigenvalue weighted by Gasteiger charge is -2.39. The summed E-state index contributed by atoms with van der Waals surface area (Å²) in [6.45, 7) is 0. The van der Waals surface area contributed by atoms with Crippen LogP contribution in [0.2, 0.25) is 0 Å². The largest absolute Gasteiger partial charge is 0.387 e. The Kier molecular flexibility index (Phi) is 5.66. The van der Waals surface area contributed by atoms with Crippen LogP contribution >= 0.6 is 22.6 Å². The van der Waals surface area contributed by atoms with Crippen molar-refractivity contribution in [2.24, 2.45) is 0 Å². The zero-order valence-electron chi connectivity index (χ0n) is 9.75. The van der Waals surface area contributed by atoms with Gasteiger partial charge in [-0.15, -0.1) is 0 Å². The molecule has 0 amide bonds. The van der Waals surface area contributed by atoms with E-state index in [9.17, 15) is 61.5 Å². The molecule has 0 spiro atoms. The van der Waals surface area contributed by atoms with Crippen molar-refractivity contribution in [3.63, 3.8) is 0 Å². The minimum absolute atomic E-state index is 0.807. The minimum atomic E-state index is -7.83. The third-order valence-electron chi connectivity index (χ3n) is 2.25. The lowest BCUT2D eigenvalue weighted by molar-refractivity contribution is -0.408. The van der Waals surface area contributed by atoms with Crippen molar-refractivity contribution >= 4 is 22.6 Å². The minimum Gasteiger partial charge on any atom is -0.195 e. The SMILES string of the molecule is FC(F)=CC(F)(F)C(F)(F)C(F)(F)C(F)(F)C(F)(F)C(F)(F)I. The van der Waals surface area contributed by atoms with E-state index in [4.69, 9.17) is 0 Å². The molecule has 0 rings (SSSR count). The smallest absolute Gasteiger partial charge is 0.195 e. The van der Waals surface area contributed by atoms with Crippen LogP contribution in [0, 0.1) is 0 Å². The molecule has 0 atom stereocenters. The van der Waals surface area contributed by atoms with Gasteiger partial charge < -0.3 is 0 Å². The zero-order chi connectivity index (χ0) is 19.3. The van der Waals surface area contributed by atoms with E-state index in [0.717, 1.165) is 0 Å². The number of hydrogen-bond acceptors (Lipinski definition) is 0. The third-order valence-corrected chi connectivity index (χ3v) is 2.93. The Balaban J connectivity index is 6.31. The summed E-state index contributed by atoms with van der Waals surface area (Å²) in [5, 5.41) is 0. The summed E-state index contributed by atoms with van der Waals surface area (Å²) in [5.41, 5.74) is 0. The fraction of sp³-hybridized carbons (Fsp3) is 0.750. The van der Waals surface area contributed by atoms with E-state index in [2.05, 4.69) is 0 Å². The number of rotatable bonds is 6. The van der Waals surface area contributed by atoms with E-state index in [1.54, 1.807) is 0 Å². The van der Waals surface area contributed by atoms with E-state index in [-0.39, 0.29) is 0 Å². The maximum Gasteiger partial charge on any atom is 0.387 e. The lowest BCUT2D eigenvalue weighted by atomic mass is 9.94. The number of alkyl halides is 13. The van der Waals surface area contributed by atoms with Crippen LogP contribution in [-0.2, 0) is 0 Å². The van der Waals surface area contributed by atoms with Gasteiger partial charge in [0, 0.05) is 22.6 Å². The molecule has 0 nitrogen and oxygen atoms in total. The first-order valence-corrected chi connectivity index (χ1v) is 5.74. The van der Waals surface area contributed by atoms with Gasteiger partial charge in [-0.1, -0.05) is 0 Å². The molecule has 0 fully saturated rings. The van der Waals surface area contributed by atoms with Crippen LogP contribution in [0.5, 0.6) is 0 Å². The second kappa shape index (κ2) is 5.79. The van der Waals surface area contributed by atoms with Crippen LogP contribution in [0.25, 0.3) is 0 Å². The van der Waals surface area contributed by atoms with Gasteiger partial charge in [0.15, 0.2) is 0 Å². The van der Waals surface area contributed by atoms with Crippen LogP contribution in [0.1, 0.15) is 0 Å². The maximum atomic E-state index is 12.9. The molecular weight excluding hydrogens is 489 g/mol. The van der Waals surface area contributed by atoms with Gasteiger partial charge in [0.2, 0.25) is 0 Å². The summed E-state index contributed by atoms with van der Waals surface area (Å²) in [4.78, 5) is 0. The average molecular weight is 490 g/mol. The van der Waals surface area contributed by atoms with Crippen molar-refractivity contribution in [1.29, 1.82) is 0 Å². The van der Waals surface area contributed by atoms with Crippen molar-refractivity contribution in [1.82, 2.24) is 0 Å². The molecule has 0 saturated carbocycles. The van der Waals surface area contributed by atoms with Crippen LogP contribution in [0.3, 0.4) is 0 Å². The summed E-state index contributed by atoms with van der Waals surface area (Å²) in [6.07, 6.45) is -5.93. The van der Waals surface area contributed by atoms with Crippen molar-refractivity contribution < 1.29 is 61.5 Å². The predicted molar refractivity (Wildman–Crippen MR) is 54.0 cm³/mol. The molecule has 0 aromatic carbocycles. The van der Waals surface area contributed by atoms with Crippen molar-refractivity contribution in [2.45, 2.75) is 33.5 Å². The molecule has 138 valence electrons. The van der Waals surface area contributed by atoms with Gasteiger partial charge in [-0.25, -0.2) is 0 Å². The van der Waals surface area contributed by atoms with Gasteiger partial charge in [0.25, 0.3) is 6.08 Å². The summed E-state index contributed by atoms with van der Waals surface area (Å²) in [5.74, 6) is -37.1. The molecule has 0 bridgehead atoms. The third kappa shape index (κ3) is 3.33. The Labute approximate surface area is 130 Å². The summed E-state index contributed by atoms with van der Waals surface area (Å²) >= 11 is -0.807. The Bertz CT molecular complexity index is 468. The molecule has 0 aliphatic carbocycles. The highest BCUT2D eigenvalue weighted by Gasteiger charge is 2.89. The highest BCUT2D eigenvalue weighted by atomic mass is 127. The fourth-order valence-corrected chi connectivity index (χ4v) is 1.35.